The topological polar surface area (TPSA) is 91.3 Å². The van der Waals surface area contributed by atoms with Gasteiger partial charge in [0.15, 0.2) is 11.5 Å². The predicted molar refractivity (Wildman–Crippen MR) is 107 cm³/mol. The number of carbonyl (C=O) groups is 2. The smallest absolute Gasteiger partial charge is 0.408 e. The van der Waals surface area contributed by atoms with Gasteiger partial charge in [-0.05, 0) is 42.4 Å². The molecule has 4 rings (SSSR count). The number of piperazine rings is 1. The number of anilines is 1. The zero-order valence-electron chi connectivity index (χ0n) is 16.1. The van der Waals surface area contributed by atoms with E-state index in [4.69, 9.17) is 9.47 Å². The van der Waals surface area contributed by atoms with Crippen LogP contribution in [-0.4, -0.2) is 61.5 Å². The summed E-state index contributed by atoms with van der Waals surface area (Å²) in [5.74, 6) is 1.49. The van der Waals surface area contributed by atoms with Crippen molar-refractivity contribution in [3.05, 3.63) is 42.5 Å². The maximum atomic E-state index is 11.7. The van der Waals surface area contributed by atoms with Crippen molar-refractivity contribution in [1.29, 1.82) is 0 Å². The molecule has 2 N–H and O–H groups in total. The monoisotopic (exact) mass is 397 g/mol. The summed E-state index contributed by atoms with van der Waals surface area (Å²) in [7, 11) is 1.69. The molecular formula is C21H23N3O5. The van der Waals surface area contributed by atoms with Crippen molar-refractivity contribution in [3.8, 4) is 22.6 Å². The summed E-state index contributed by atoms with van der Waals surface area (Å²) in [5.41, 5.74) is 2.11. The van der Waals surface area contributed by atoms with Crippen LogP contribution in [0.3, 0.4) is 0 Å². The molecule has 1 saturated heterocycles. The van der Waals surface area contributed by atoms with E-state index in [9.17, 15) is 14.7 Å². The Morgan fingerprint density at radius 1 is 1.14 bits per heavy atom. The lowest BCUT2D eigenvalue weighted by molar-refractivity contribution is -0.110. The molecule has 1 amide bonds. The molecule has 2 heterocycles. The highest BCUT2D eigenvalue weighted by Crippen LogP contribution is 2.36. The minimum Gasteiger partial charge on any atom is -0.465 e. The Morgan fingerprint density at radius 2 is 1.86 bits per heavy atom. The van der Waals surface area contributed by atoms with Crippen LogP contribution in [-0.2, 0) is 4.79 Å². The normalized spacial score (nSPS) is 20.6. The summed E-state index contributed by atoms with van der Waals surface area (Å²) in [6, 6.07) is 13.9. The first-order valence-electron chi connectivity index (χ1n) is 9.44. The predicted octanol–water partition coefficient (Wildman–Crippen LogP) is 2.39. The number of fused-ring (bicyclic) bond motifs is 1. The number of hydrogen-bond acceptors (Lipinski definition) is 6. The fourth-order valence-electron chi connectivity index (χ4n) is 3.98. The van der Waals surface area contributed by atoms with Gasteiger partial charge in [-0.15, -0.1) is 0 Å². The van der Waals surface area contributed by atoms with Gasteiger partial charge in [-0.1, -0.05) is 18.2 Å². The van der Waals surface area contributed by atoms with Gasteiger partial charge in [-0.2, -0.15) is 0 Å². The number of likely N-dealkylation sites (N-methyl/N-ethyl adjacent to an activating group) is 1. The Labute approximate surface area is 168 Å². The van der Waals surface area contributed by atoms with Crippen LogP contribution < -0.4 is 19.7 Å². The van der Waals surface area contributed by atoms with E-state index in [1.54, 1.807) is 7.05 Å². The summed E-state index contributed by atoms with van der Waals surface area (Å²) in [6.07, 6.45) is -0.181. The zero-order valence-corrected chi connectivity index (χ0v) is 16.1. The van der Waals surface area contributed by atoms with Crippen molar-refractivity contribution in [2.75, 3.05) is 38.4 Å². The van der Waals surface area contributed by atoms with E-state index < -0.39 is 11.8 Å². The standard InChI is InChI=1S/C21H23N3O5/c1-22-21(8-11-25)13-23(9-10-24(21)20(26)27)17-5-2-15(3-6-17)16-4-7-18-19(12-16)29-14-28-18/h2-7,11-12,22H,8-10,13-14H2,1H3,(H,26,27). The van der Waals surface area contributed by atoms with E-state index in [1.165, 1.54) is 4.90 Å². The maximum Gasteiger partial charge on any atom is 0.408 e. The Kier molecular flexibility index (Phi) is 5.02. The first-order chi connectivity index (χ1) is 14.1. The Bertz CT molecular complexity index is 917. The van der Waals surface area contributed by atoms with E-state index in [0.29, 0.717) is 19.6 Å². The quantitative estimate of drug-likeness (QED) is 0.749. The number of ether oxygens (including phenoxy) is 2. The number of aldehydes is 1. The van der Waals surface area contributed by atoms with Crippen LogP contribution in [0.5, 0.6) is 11.5 Å². The highest BCUT2D eigenvalue weighted by atomic mass is 16.7. The highest BCUT2D eigenvalue weighted by molar-refractivity contribution is 5.71. The summed E-state index contributed by atoms with van der Waals surface area (Å²) in [6.45, 7) is 1.50. The molecule has 29 heavy (non-hydrogen) atoms. The van der Waals surface area contributed by atoms with E-state index in [2.05, 4.69) is 10.2 Å². The molecule has 1 atom stereocenters. The third kappa shape index (κ3) is 3.47. The first-order valence-corrected chi connectivity index (χ1v) is 9.44. The number of carbonyl (C=O) groups excluding carboxylic acids is 1. The van der Waals surface area contributed by atoms with E-state index in [1.807, 2.05) is 42.5 Å². The van der Waals surface area contributed by atoms with Crippen molar-refractivity contribution < 1.29 is 24.2 Å². The number of rotatable bonds is 5. The molecule has 2 aromatic carbocycles. The van der Waals surface area contributed by atoms with Gasteiger partial charge in [-0.3, -0.25) is 10.2 Å². The molecule has 2 aromatic rings. The summed E-state index contributed by atoms with van der Waals surface area (Å²) >= 11 is 0. The average molecular weight is 397 g/mol. The van der Waals surface area contributed by atoms with Gasteiger partial charge in [0.2, 0.25) is 6.79 Å². The molecule has 0 spiro atoms. The second-order valence-electron chi connectivity index (χ2n) is 7.12. The average Bonchev–Trinajstić information content (AvgIpc) is 3.21. The van der Waals surface area contributed by atoms with Gasteiger partial charge in [0.1, 0.15) is 11.9 Å². The Morgan fingerprint density at radius 3 is 2.55 bits per heavy atom. The second-order valence-corrected chi connectivity index (χ2v) is 7.12. The van der Waals surface area contributed by atoms with Gasteiger partial charge in [0.25, 0.3) is 0 Å². The first kappa shape index (κ1) is 19.1. The van der Waals surface area contributed by atoms with Crippen LogP contribution in [0.1, 0.15) is 6.42 Å². The molecule has 0 aromatic heterocycles. The fraction of sp³-hybridized carbons (Fsp3) is 0.333. The molecule has 0 radical (unpaired) electrons. The van der Waals surface area contributed by atoms with Crippen molar-refractivity contribution in [1.82, 2.24) is 10.2 Å². The summed E-state index contributed by atoms with van der Waals surface area (Å²) < 4.78 is 10.8. The Balaban J connectivity index is 1.56. The van der Waals surface area contributed by atoms with E-state index in [-0.39, 0.29) is 13.2 Å². The van der Waals surface area contributed by atoms with Crippen molar-refractivity contribution in [3.63, 3.8) is 0 Å². The van der Waals surface area contributed by atoms with Gasteiger partial charge in [0.05, 0.1) is 6.54 Å². The minimum absolute atomic E-state index is 0.0849. The van der Waals surface area contributed by atoms with Crippen LogP contribution in [0.25, 0.3) is 11.1 Å². The van der Waals surface area contributed by atoms with E-state index >= 15 is 0 Å². The third-order valence-electron chi connectivity index (χ3n) is 5.62. The molecular weight excluding hydrogens is 374 g/mol. The SMILES string of the molecule is CNC1(CC=O)CN(c2ccc(-c3ccc4c(c3)OCO4)cc2)CCN1C(=O)O. The molecule has 0 aliphatic carbocycles. The van der Waals surface area contributed by atoms with E-state index in [0.717, 1.165) is 34.6 Å². The number of nitrogens with zero attached hydrogens (tertiary/aromatic N) is 2. The molecule has 0 saturated carbocycles. The molecule has 2 aliphatic heterocycles. The summed E-state index contributed by atoms with van der Waals surface area (Å²) in [5, 5.41) is 12.6. The largest absolute Gasteiger partial charge is 0.465 e. The lowest BCUT2D eigenvalue weighted by Gasteiger charge is -2.49. The van der Waals surface area contributed by atoms with Crippen LogP contribution in [0.2, 0.25) is 0 Å². The lowest BCUT2D eigenvalue weighted by atomic mass is 9.99. The molecule has 8 heteroatoms. The number of carboxylic acid groups (broad SMARTS) is 1. The highest BCUT2D eigenvalue weighted by Gasteiger charge is 2.43. The maximum absolute atomic E-state index is 11.7. The third-order valence-corrected chi connectivity index (χ3v) is 5.62. The van der Waals surface area contributed by atoms with Gasteiger partial charge >= 0.3 is 6.09 Å². The molecule has 8 nitrogen and oxygen atoms in total. The van der Waals surface area contributed by atoms with Crippen molar-refractivity contribution in [2.45, 2.75) is 12.1 Å². The number of nitrogens with one attached hydrogen (secondary N) is 1. The Hall–Kier alpha value is -3.26. The van der Waals surface area contributed by atoms with Crippen LogP contribution in [0, 0.1) is 0 Å². The number of hydrogen-bond donors (Lipinski definition) is 2. The second kappa shape index (κ2) is 7.63. The molecule has 152 valence electrons. The van der Waals surface area contributed by atoms with Crippen LogP contribution >= 0.6 is 0 Å². The van der Waals surface area contributed by atoms with Crippen molar-refractivity contribution in [2.24, 2.45) is 0 Å². The molecule has 2 aliphatic rings. The van der Waals surface area contributed by atoms with Gasteiger partial charge in [0, 0.05) is 25.2 Å². The zero-order chi connectivity index (χ0) is 20.4. The molecule has 0 bridgehead atoms. The number of benzene rings is 2. The van der Waals surface area contributed by atoms with Gasteiger partial charge in [-0.25, -0.2) is 4.79 Å². The summed E-state index contributed by atoms with van der Waals surface area (Å²) in [4.78, 5) is 26.3. The van der Waals surface area contributed by atoms with Crippen LogP contribution in [0.15, 0.2) is 42.5 Å². The molecule has 1 fully saturated rings. The lowest BCUT2D eigenvalue weighted by Crippen LogP contribution is -2.69. The number of amides is 1. The van der Waals surface area contributed by atoms with Crippen molar-refractivity contribution >= 4 is 18.1 Å². The van der Waals surface area contributed by atoms with Crippen LogP contribution in [0.4, 0.5) is 10.5 Å². The minimum atomic E-state index is -1.03. The molecule has 1 unspecified atom stereocenters. The van der Waals surface area contributed by atoms with Gasteiger partial charge < -0.3 is 24.3 Å². The fourth-order valence-corrected chi connectivity index (χ4v) is 3.98.